The topological polar surface area (TPSA) is 12.0 Å². The Morgan fingerprint density at radius 3 is 2.83 bits per heavy atom. The molecule has 98 valence electrons. The van der Waals surface area contributed by atoms with Crippen LogP contribution in [0.2, 0.25) is 0 Å². The van der Waals surface area contributed by atoms with Gasteiger partial charge in [0.1, 0.15) is 0 Å². The average Bonchev–Trinajstić information content (AvgIpc) is 2.34. The molecule has 3 atom stereocenters. The van der Waals surface area contributed by atoms with Gasteiger partial charge in [0, 0.05) is 6.04 Å². The molecule has 3 unspecified atom stereocenters. The standard InChI is InChI=1S/C17H25N/c1-4-9-18-16-10-13-12-7-5-6-8-15(12)17(2,3)11-14(13)16/h5-8,13-14,16,18H,4,9-11H2,1-3H3. The van der Waals surface area contributed by atoms with Gasteiger partial charge in [-0.05, 0) is 54.2 Å². The largest absolute Gasteiger partial charge is 0.314 e. The van der Waals surface area contributed by atoms with Crippen molar-refractivity contribution in [3.63, 3.8) is 0 Å². The van der Waals surface area contributed by atoms with Crippen molar-refractivity contribution in [1.29, 1.82) is 0 Å². The second-order valence-corrected chi connectivity index (χ2v) is 6.74. The van der Waals surface area contributed by atoms with E-state index in [1.165, 1.54) is 25.8 Å². The molecule has 0 heterocycles. The van der Waals surface area contributed by atoms with Crippen molar-refractivity contribution < 1.29 is 0 Å². The molecule has 0 amide bonds. The lowest BCUT2D eigenvalue weighted by Gasteiger charge is -2.53. The van der Waals surface area contributed by atoms with Crippen molar-refractivity contribution in [2.75, 3.05) is 6.54 Å². The van der Waals surface area contributed by atoms with Crippen LogP contribution in [-0.2, 0) is 5.41 Å². The Balaban J connectivity index is 1.85. The fourth-order valence-corrected chi connectivity index (χ4v) is 4.05. The van der Waals surface area contributed by atoms with Crippen LogP contribution in [0.15, 0.2) is 24.3 Å². The molecule has 1 nitrogen and oxygen atoms in total. The van der Waals surface area contributed by atoms with Crippen molar-refractivity contribution in [3.05, 3.63) is 35.4 Å². The molecule has 2 aliphatic carbocycles. The first-order valence-corrected chi connectivity index (χ1v) is 7.46. The molecule has 0 saturated heterocycles. The highest BCUT2D eigenvalue weighted by Gasteiger charge is 2.48. The molecule has 0 radical (unpaired) electrons. The fourth-order valence-electron chi connectivity index (χ4n) is 4.05. The number of nitrogens with one attached hydrogen (secondary N) is 1. The van der Waals surface area contributed by atoms with Crippen LogP contribution in [0.3, 0.4) is 0 Å². The van der Waals surface area contributed by atoms with E-state index >= 15 is 0 Å². The van der Waals surface area contributed by atoms with Crippen molar-refractivity contribution >= 4 is 0 Å². The molecule has 1 aromatic carbocycles. The summed E-state index contributed by atoms with van der Waals surface area (Å²) in [6, 6.07) is 9.89. The van der Waals surface area contributed by atoms with E-state index in [-0.39, 0.29) is 0 Å². The molecular weight excluding hydrogens is 218 g/mol. The first-order chi connectivity index (χ1) is 8.63. The van der Waals surface area contributed by atoms with E-state index < -0.39 is 0 Å². The Morgan fingerprint density at radius 2 is 2.06 bits per heavy atom. The highest BCUT2D eigenvalue weighted by Crippen LogP contribution is 2.55. The van der Waals surface area contributed by atoms with Gasteiger partial charge in [-0.25, -0.2) is 0 Å². The van der Waals surface area contributed by atoms with Gasteiger partial charge in [-0.15, -0.1) is 0 Å². The Labute approximate surface area is 111 Å². The summed E-state index contributed by atoms with van der Waals surface area (Å²) in [5.41, 5.74) is 3.58. The summed E-state index contributed by atoms with van der Waals surface area (Å²) in [7, 11) is 0. The zero-order valence-electron chi connectivity index (χ0n) is 11.9. The Morgan fingerprint density at radius 1 is 1.28 bits per heavy atom. The van der Waals surface area contributed by atoms with E-state index in [0.29, 0.717) is 5.41 Å². The molecule has 1 N–H and O–H groups in total. The zero-order valence-corrected chi connectivity index (χ0v) is 11.9. The number of fused-ring (bicyclic) bond motifs is 3. The second-order valence-electron chi connectivity index (χ2n) is 6.74. The molecule has 18 heavy (non-hydrogen) atoms. The van der Waals surface area contributed by atoms with E-state index in [0.717, 1.165) is 17.9 Å². The van der Waals surface area contributed by atoms with Crippen molar-refractivity contribution in [2.24, 2.45) is 5.92 Å². The van der Waals surface area contributed by atoms with Gasteiger partial charge < -0.3 is 5.32 Å². The first kappa shape index (κ1) is 12.2. The minimum absolute atomic E-state index is 0.352. The molecule has 1 saturated carbocycles. The van der Waals surface area contributed by atoms with E-state index in [4.69, 9.17) is 0 Å². The minimum Gasteiger partial charge on any atom is -0.314 e. The van der Waals surface area contributed by atoms with Crippen molar-refractivity contribution in [2.45, 2.75) is 57.4 Å². The summed E-state index contributed by atoms with van der Waals surface area (Å²) < 4.78 is 0. The van der Waals surface area contributed by atoms with Crippen LogP contribution in [0.4, 0.5) is 0 Å². The van der Waals surface area contributed by atoms with Gasteiger partial charge in [0.25, 0.3) is 0 Å². The molecule has 0 spiro atoms. The normalized spacial score (nSPS) is 32.3. The van der Waals surface area contributed by atoms with Crippen molar-refractivity contribution in [1.82, 2.24) is 5.32 Å². The van der Waals surface area contributed by atoms with Gasteiger partial charge in [-0.2, -0.15) is 0 Å². The molecular formula is C17H25N. The van der Waals surface area contributed by atoms with Crippen LogP contribution < -0.4 is 5.32 Å². The van der Waals surface area contributed by atoms with E-state index in [2.05, 4.69) is 50.4 Å². The lowest BCUT2D eigenvalue weighted by Crippen LogP contribution is -2.53. The van der Waals surface area contributed by atoms with Gasteiger partial charge in [0.2, 0.25) is 0 Å². The van der Waals surface area contributed by atoms with Gasteiger partial charge in [-0.3, -0.25) is 0 Å². The SMILES string of the molecule is CCCNC1CC2c3ccccc3C(C)(C)CC12. The zero-order chi connectivity index (χ0) is 12.8. The number of hydrogen-bond donors (Lipinski definition) is 1. The summed E-state index contributed by atoms with van der Waals surface area (Å²) in [5.74, 6) is 1.69. The number of benzene rings is 1. The number of rotatable bonds is 3. The smallest absolute Gasteiger partial charge is 0.0107 e. The third kappa shape index (κ3) is 1.80. The van der Waals surface area contributed by atoms with E-state index in [1.807, 2.05) is 0 Å². The van der Waals surface area contributed by atoms with Gasteiger partial charge >= 0.3 is 0 Å². The maximum Gasteiger partial charge on any atom is 0.0107 e. The quantitative estimate of drug-likeness (QED) is 0.850. The summed E-state index contributed by atoms with van der Waals surface area (Å²) >= 11 is 0. The van der Waals surface area contributed by atoms with Crippen LogP contribution in [0.5, 0.6) is 0 Å². The Hall–Kier alpha value is -0.820. The van der Waals surface area contributed by atoms with Gasteiger partial charge in [-0.1, -0.05) is 45.0 Å². The van der Waals surface area contributed by atoms with Crippen LogP contribution in [0.1, 0.15) is 57.1 Å². The molecule has 3 rings (SSSR count). The third-order valence-electron chi connectivity index (χ3n) is 5.03. The predicted molar refractivity (Wildman–Crippen MR) is 77.0 cm³/mol. The summed E-state index contributed by atoms with van der Waals surface area (Å²) in [6.07, 6.45) is 3.93. The van der Waals surface area contributed by atoms with Gasteiger partial charge in [0.05, 0.1) is 0 Å². The monoisotopic (exact) mass is 243 g/mol. The molecule has 1 heteroatoms. The maximum atomic E-state index is 3.74. The lowest BCUT2D eigenvalue weighted by atomic mass is 9.54. The maximum absolute atomic E-state index is 3.74. The third-order valence-corrected chi connectivity index (χ3v) is 5.03. The molecule has 0 aromatic heterocycles. The Kier molecular flexibility index (Phi) is 2.97. The molecule has 1 aromatic rings. The van der Waals surface area contributed by atoms with Gasteiger partial charge in [0.15, 0.2) is 0 Å². The average molecular weight is 243 g/mol. The molecule has 0 bridgehead atoms. The first-order valence-electron chi connectivity index (χ1n) is 7.46. The molecule has 0 aliphatic heterocycles. The highest BCUT2D eigenvalue weighted by molar-refractivity contribution is 5.41. The molecule has 1 fully saturated rings. The van der Waals surface area contributed by atoms with Crippen LogP contribution in [0, 0.1) is 5.92 Å². The fraction of sp³-hybridized carbons (Fsp3) is 0.647. The van der Waals surface area contributed by atoms with Crippen LogP contribution >= 0.6 is 0 Å². The van der Waals surface area contributed by atoms with E-state index in [1.54, 1.807) is 11.1 Å². The highest BCUT2D eigenvalue weighted by atomic mass is 14.9. The summed E-state index contributed by atoms with van der Waals surface area (Å²) in [6.45, 7) is 8.26. The summed E-state index contributed by atoms with van der Waals surface area (Å²) in [4.78, 5) is 0. The second kappa shape index (κ2) is 4.38. The lowest BCUT2D eigenvalue weighted by molar-refractivity contribution is 0.112. The van der Waals surface area contributed by atoms with Crippen LogP contribution in [-0.4, -0.2) is 12.6 Å². The predicted octanol–water partition coefficient (Wildman–Crippen LogP) is 3.84. The summed E-state index contributed by atoms with van der Waals surface area (Å²) in [5, 5.41) is 3.74. The molecule has 2 aliphatic rings. The van der Waals surface area contributed by atoms with Crippen molar-refractivity contribution in [3.8, 4) is 0 Å². The minimum atomic E-state index is 0.352. The van der Waals surface area contributed by atoms with Crippen LogP contribution in [0.25, 0.3) is 0 Å². The Bertz CT molecular complexity index is 435. The van der Waals surface area contributed by atoms with E-state index in [9.17, 15) is 0 Å². The number of hydrogen-bond acceptors (Lipinski definition) is 1.